The molecule has 13 heteroatoms. The van der Waals surface area contributed by atoms with Crippen LogP contribution in [-0.2, 0) is 30.4 Å². The minimum atomic E-state index is -1.27. The number of hydrogen-bond donors (Lipinski definition) is 7. The number of nitrogens with zero attached hydrogens (tertiary/aromatic N) is 1. The summed E-state index contributed by atoms with van der Waals surface area (Å²) in [7, 11) is 0. The van der Waals surface area contributed by atoms with Crippen molar-refractivity contribution in [3.05, 3.63) is 18.2 Å². The molecule has 0 aliphatic heterocycles. The van der Waals surface area contributed by atoms with Crippen LogP contribution in [0.3, 0.4) is 0 Å². The fourth-order valence-corrected chi connectivity index (χ4v) is 3.25. The number of H-pyrrole nitrogens is 1. The number of aliphatic carboxylic acids is 2. The van der Waals surface area contributed by atoms with Gasteiger partial charge in [0.15, 0.2) is 0 Å². The zero-order chi connectivity index (χ0) is 26.7. The summed E-state index contributed by atoms with van der Waals surface area (Å²) in [5.41, 5.74) is 6.52. The van der Waals surface area contributed by atoms with E-state index in [0.29, 0.717) is 12.1 Å². The maximum atomic E-state index is 13.0. The van der Waals surface area contributed by atoms with Crippen LogP contribution in [0, 0.1) is 11.8 Å². The molecule has 3 amide bonds. The van der Waals surface area contributed by atoms with Gasteiger partial charge in [-0.3, -0.25) is 19.2 Å². The molecule has 5 unspecified atom stereocenters. The lowest BCUT2D eigenvalue weighted by molar-refractivity contribution is -0.144. The maximum absolute atomic E-state index is 13.0. The number of carbonyl (C=O) groups excluding carboxylic acids is 3. The molecule has 0 aliphatic rings. The monoisotopic (exact) mass is 496 g/mol. The SMILES string of the molecule is CCC(C)C(NC(=O)C(CCC(=O)O)NC(=O)C(N)Cc1cnc[nH]1)C(=O)NC(C(=O)O)C(C)C. The summed E-state index contributed by atoms with van der Waals surface area (Å²) in [6.45, 7) is 6.78. The van der Waals surface area contributed by atoms with Crippen LogP contribution in [0.5, 0.6) is 0 Å². The van der Waals surface area contributed by atoms with Crippen LogP contribution in [0.15, 0.2) is 12.5 Å². The molecule has 13 nitrogen and oxygen atoms in total. The van der Waals surface area contributed by atoms with Crippen molar-refractivity contribution in [2.45, 2.75) is 77.5 Å². The van der Waals surface area contributed by atoms with Gasteiger partial charge in [-0.05, 0) is 18.3 Å². The third-order valence-electron chi connectivity index (χ3n) is 5.64. The Balaban J connectivity index is 3.00. The molecule has 1 aromatic heterocycles. The van der Waals surface area contributed by atoms with Gasteiger partial charge in [-0.15, -0.1) is 0 Å². The number of aromatic amines is 1. The van der Waals surface area contributed by atoms with Crippen molar-refractivity contribution in [1.82, 2.24) is 25.9 Å². The minimum absolute atomic E-state index is 0.114. The van der Waals surface area contributed by atoms with Crippen LogP contribution in [-0.4, -0.2) is 74.0 Å². The Hall–Kier alpha value is -3.48. The van der Waals surface area contributed by atoms with E-state index in [1.165, 1.54) is 12.5 Å². The van der Waals surface area contributed by atoms with E-state index in [2.05, 4.69) is 25.9 Å². The van der Waals surface area contributed by atoms with Crippen molar-refractivity contribution in [2.24, 2.45) is 17.6 Å². The highest BCUT2D eigenvalue weighted by molar-refractivity contribution is 5.94. The van der Waals surface area contributed by atoms with Gasteiger partial charge < -0.3 is 36.9 Å². The fraction of sp³-hybridized carbons (Fsp3) is 0.636. The Kier molecular flexibility index (Phi) is 11.9. The summed E-state index contributed by atoms with van der Waals surface area (Å²) in [4.78, 5) is 67.8. The van der Waals surface area contributed by atoms with Crippen LogP contribution in [0.1, 0.15) is 52.7 Å². The number of nitrogens with one attached hydrogen (secondary N) is 4. The predicted molar refractivity (Wildman–Crippen MR) is 125 cm³/mol. The molecule has 0 radical (unpaired) electrons. The molecule has 196 valence electrons. The number of imidazole rings is 1. The first-order chi connectivity index (χ1) is 16.4. The summed E-state index contributed by atoms with van der Waals surface area (Å²) >= 11 is 0. The number of nitrogens with two attached hydrogens (primary N) is 1. The average Bonchev–Trinajstić information content (AvgIpc) is 3.29. The van der Waals surface area contributed by atoms with E-state index >= 15 is 0 Å². The third-order valence-corrected chi connectivity index (χ3v) is 5.64. The molecule has 0 saturated carbocycles. The highest BCUT2D eigenvalue weighted by Crippen LogP contribution is 2.11. The number of amides is 3. The molecule has 5 atom stereocenters. The number of rotatable bonds is 15. The largest absolute Gasteiger partial charge is 0.481 e. The molecule has 0 aromatic carbocycles. The Labute approximate surface area is 203 Å². The number of carbonyl (C=O) groups is 5. The van der Waals surface area contributed by atoms with Crippen LogP contribution in [0.2, 0.25) is 0 Å². The summed E-state index contributed by atoms with van der Waals surface area (Å²) in [5, 5.41) is 25.9. The molecule has 1 rings (SSSR count). The van der Waals surface area contributed by atoms with Crippen LogP contribution >= 0.6 is 0 Å². The minimum Gasteiger partial charge on any atom is -0.481 e. The molecule has 1 heterocycles. The van der Waals surface area contributed by atoms with E-state index in [0.717, 1.165) is 0 Å². The fourth-order valence-electron chi connectivity index (χ4n) is 3.25. The van der Waals surface area contributed by atoms with E-state index in [9.17, 15) is 29.1 Å². The van der Waals surface area contributed by atoms with Gasteiger partial charge in [0.25, 0.3) is 0 Å². The summed E-state index contributed by atoms with van der Waals surface area (Å²) in [5.74, 6) is -5.29. The quantitative estimate of drug-likeness (QED) is 0.164. The van der Waals surface area contributed by atoms with Crippen LogP contribution in [0.25, 0.3) is 0 Å². The predicted octanol–water partition coefficient (Wildman–Crippen LogP) is -0.615. The maximum Gasteiger partial charge on any atom is 0.326 e. The Morgan fingerprint density at radius 2 is 1.63 bits per heavy atom. The number of carboxylic acid groups (broad SMARTS) is 2. The molecule has 0 bridgehead atoms. The zero-order valence-corrected chi connectivity index (χ0v) is 20.4. The normalized spacial score (nSPS) is 15.4. The lowest BCUT2D eigenvalue weighted by atomic mass is 9.96. The first-order valence-corrected chi connectivity index (χ1v) is 11.5. The Bertz CT molecular complexity index is 874. The van der Waals surface area contributed by atoms with Crippen LogP contribution < -0.4 is 21.7 Å². The zero-order valence-electron chi connectivity index (χ0n) is 20.4. The van der Waals surface area contributed by atoms with Gasteiger partial charge >= 0.3 is 11.9 Å². The van der Waals surface area contributed by atoms with E-state index in [1.54, 1.807) is 27.7 Å². The smallest absolute Gasteiger partial charge is 0.326 e. The van der Waals surface area contributed by atoms with Gasteiger partial charge in [0.05, 0.1) is 12.4 Å². The summed E-state index contributed by atoms with van der Waals surface area (Å²) < 4.78 is 0. The second-order valence-corrected chi connectivity index (χ2v) is 8.82. The second-order valence-electron chi connectivity index (χ2n) is 8.82. The molecular formula is C22H36N6O7. The van der Waals surface area contributed by atoms with Crippen molar-refractivity contribution >= 4 is 29.7 Å². The van der Waals surface area contributed by atoms with Gasteiger partial charge in [0.2, 0.25) is 17.7 Å². The van der Waals surface area contributed by atoms with Gasteiger partial charge in [-0.1, -0.05) is 34.1 Å². The van der Waals surface area contributed by atoms with Crippen molar-refractivity contribution < 1.29 is 34.2 Å². The highest BCUT2D eigenvalue weighted by atomic mass is 16.4. The van der Waals surface area contributed by atoms with E-state index in [-0.39, 0.29) is 18.8 Å². The number of aromatic nitrogens is 2. The van der Waals surface area contributed by atoms with Crippen molar-refractivity contribution in [2.75, 3.05) is 0 Å². The van der Waals surface area contributed by atoms with Crippen molar-refractivity contribution in [1.29, 1.82) is 0 Å². The third kappa shape index (κ3) is 9.73. The Morgan fingerprint density at radius 3 is 2.11 bits per heavy atom. The first-order valence-electron chi connectivity index (χ1n) is 11.5. The van der Waals surface area contributed by atoms with E-state index in [1.807, 2.05) is 0 Å². The second kappa shape index (κ2) is 14.0. The molecule has 0 fully saturated rings. The van der Waals surface area contributed by atoms with Gasteiger partial charge in [0.1, 0.15) is 18.1 Å². The molecular weight excluding hydrogens is 460 g/mol. The van der Waals surface area contributed by atoms with E-state index in [4.69, 9.17) is 10.8 Å². The standard InChI is InChI=1S/C22H36N6O7/c1-5-12(4)18(21(33)27-17(11(2)3)22(34)35)28-20(32)15(6-7-16(29)30)26-19(31)14(23)8-13-9-24-10-25-13/h9-12,14-15,17-18H,5-8,23H2,1-4H3,(H,24,25)(H,26,31)(H,27,33)(H,28,32)(H,29,30)(H,34,35). The summed E-state index contributed by atoms with van der Waals surface area (Å²) in [6, 6.07) is -4.57. The molecule has 0 spiro atoms. The average molecular weight is 497 g/mol. The first kappa shape index (κ1) is 29.6. The molecule has 0 saturated heterocycles. The van der Waals surface area contributed by atoms with E-state index < -0.39 is 66.2 Å². The number of hydrogen-bond acceptors (Lipinski definition) is 7. The van der Waals surface area contributed by atoms with Gasteiger partial charge in [0, 0.05) is 24.7 Å². The topological polar surface area (TPSA) is 217 Å². The summed E-state index contributed by atoms with van der Waals surface area (Å²) in [6.07, 6.45) is 2.88. The molecule has 8 N–H and O–H groups in total. The molecule has 35 heavy (non-hydrogen) atoms. The lowest BCUT2D eigenvalue weighted by Gasteiger charge is -2.28. The molecule has 0 aliphatic carbocycles. The lowest BCUT2D eigenvalue weighted by Crippen LogP contribution is -2.59. The van der Waals surface area contributed by atoms with Crippen molar-refractivity contribution in [3.8, 4) is 0 Å². The highest BCUT2D eigenvalue weighted by Gasteiger charge is 2.33. The van der Waals surface area contributed by atoms with Crippen molar-refractivity contribution in [3.63, 3.8) is 0 Å². The molecule has 1 aromatic rings. The van der Waals surface area contributed by atoms with Crippen LogP contribution in [0.4, 0.5) is 0 Å². The van der Waals surface area contributed by atoms with Gasteiger partial charge in [-0.2, -0.15) is 0 Å². The van der Waals surface area contributed by atoms with Gasteiger partial charge in [-0.25, -0.2) is 9.78 Å². The Morgan fingerprint density at radius 1 is 1.00 bits per heavy atom. The number of carboxylic acids is 2.